The Balaban J connectivity index is 1.36. The lowest BCUT2D eigenvalue weighted by atomic mass is 10.0. The number of aryl methyl sites for hydroxylation is 2. The van der Waals surface area contributed by atoms with E-state index >= 15 is 0 Å². The summed E-state index contributed by atoms with van der Waals surface area (Å²) in [7, 11) is 0. The number of hydrogen-bond acceptors (Lipinski definition) is 1. The first kappa shape index (κ1) is 10.9. The van der Waals surface area contributed by atoms with Crippen molar-refractivity contribution < 1.29 is 0 Å². The maximum Gasteiger partial charge on any atom is 0.0328 e. The van der Waals surface area contributed by atoms with Crippen molar-refractivity contribution in [3.63, 3.8) is 0 Å². The minimum Gasteiger partial charge on any atom is -0.307 e. The van der Waals surface area contributed by atoms with E-state index in [2.05, 4.69) is 30.4 Å². The van der Waals surface area contributed by atoms with Gasteiger partial charge < -0.3 is 5.32 Å². The van der Waals surface area contributed by atoms with E-state index in [1.54, 1.807) is 17.5 Å². The molecule has 4 aliphatic rings. The molecule has 4 aliphatic carbocycles. The van der Waals surface area contributed by atoms with Crippen LogP contribution in [0, 0.1) is 30.6 Å². The molecular formula is C18H23N. The van der Waals surface area contributed by atoms with Crippen molar-refractivity contribution in [3.8, 4) is 0 Å². The van der Waals surface area contributed by atoms with Crippen molar-refractivity contribution >= 4 is 0 Å². The average molecular weight is 253 g/mol. The molecule has 100 valence electrons. The second-order valence-electron chi connectivity index (χ2n) is 7.47. The zero-order valence-corrected chi connectivity index (χ0v) is 11.7. The highest BCUT2D eigenvalue weighted by molar-refractivity contribution is 5.38. The van der Waals surface area contributed by atoms with Gasteiger partial charge in [0.15, 0.2) is 0 Å². The van der Waals surface area contributed by atoms with E-state index in [9.17, 15) is 0 Å². The van der Waals surface area contributed by atoms with Gasteiger partial charge in [-0.15, -0.1) is 0 Å². The predicted octanol–water partition coefficient (Wildman–Crippen LogP) is 3.62. The van der Waals surface area contributed by atoms with Gasteiger partial charge in [-0.1, -0.05) is 23.8 Å². The van der Waals surface area contributed by atoms with Gasteiger partial charge in [0, 0.05) is 12.1 Å². The molecule has 0 aliphatic heterocycles. The number of rotatable bonds is 2. The molecule has 1 nitrogen and oxygen atoms in total. The van der Waals surface area contributed by atoms with E-state index in [1.165, 1.54) is 31.2 Å². The van der Waals surface area contributed by atoms with Crippen LogP contribution in [0.3, 0.4) is 0 Å². The van der Waals surface area contributed by atoms with Crippen LogP contribution in [0.25, 0.3) is 0 Å². The standard InChI is InChI=1S/C18H23N/c1-10-2-3-11-6-7-15(14(11)8-10)19-18-16-12-4-5-13(9-12)17(16)18/h2-3,8,12-13,15-19H,4-7,9H2,1H3. The summed E-state index contributed by atoms with van der Waals surface area (Å²) >= 11 is 0. The third kappa shape index (κ3) is 1.45. The monoisotopic (exact) mass is 253 g/mol. The van der Waals surface area contributed by atoms with Crippen LogP contribution in [0.4, 0.5) is 0 Å². The molecule has 5 rings (SSSR count). The van der Waals surface area contributed by atoms with E-state index in [0.717, 1.165) is 29.7 Å². The Morgan fingerprint density at radius 2 is 1.84 bits per heavy atom. The van der Waals surface area contributed by atoms with E-state index in [4.69, 9.17) is 0 Å². The van der Waals surface area contributed by atoms with E-state index in [1.807, 2.05) is 0 Å². The van der Waals surface area contributed by atoms with Gasteiger partial charge in [0.25, 0.3) is 0 Å². The molecule has 3 fully saturated rings. The molecule has 0 radical (unpaired) electrons. The van der Waals surface area contributed by atoms with Crippen molar-refractivity contribution in [3.05, 3.63) is 34.9 Å². The minimum absolute atomic E-state index is 0.657. The Labute approximate surface area is 115 Å². The number of benzene rings is 1. The van der Waals surface area contributed by atoms with E-state index in [-0.39, 0.29) is 0 Å². The SMILES string of the molecule is Cc1ccc2c(c1)C(NC1C3C4CCC(C4)C13)CC2. The minimum atomic E-state index is 0.657. The lowest BCUT2D eigenvalue weighted by Crippen LogP contribution is -2.26. The highest BCUT2D eigenvalue weighted by Gasteiger charge is 2.65. The van der Waals surface area contributed by atoms with Gasteiger partial charge in [-0.05, 0) is 73.8 Å². The van der Waals surface area contributed by atoms with Crippen molar-refractivity contribution in [2.45, 2.75) is 51.1 Å². The summed E-state index contributed by atoms with van der Waals surface area (Å²) in [6.07, 6.45) is 7.23. The van der Waals surface area contributed by atoms with Crippen LogP contribution >= 0.6 is 0 Å². The van der Waals surface area contributed by atoms with E-state index < -0.39 is 0 Å². The third-order valence-corrected chi connectivity index (χ3v) is 6.51. The van der Waals surface area contributed by atoms with E-state index in [0.29, 0.717) is 6.04 Å². The molecule has 1 N–H and O–H groups in total. The fraction of sp³-hybridized carbons (Fsp3) is 0.667. The normalized spacial score (nSPS) is 45.3. The molecular weight excluding hydrogens is 230 g/mol. The van der Waals surface area contributed by atoms with Crippen LogP contribution in [0.15, 0.2) is 18.2 Å². The molecule has 1 aromatic carbocycles. The third-order valence-electron chi connectivity index (χ3n) is 6.51. The number of nitrogens with one attached hydrogen (secondary N) is 1. The van der Waals surface area contributed by atoms with Gasteiger partial charge in [-0.25, -0.2) is 0 Å². The van der Waals surface area contributed by atoms with Gasteiger partial charge in [-0.3, -0.25) is 0 Å². The summed E-state index contributed by atoms with van der Waals surface area (Å²) in [5.41, 5.74) is 4.62. The van der Waals surface area contributed by atoms with Crippen molar-refractivity contribution in [1.29, 1.82) is 0 Å². The molecule has 5 unspecified atom stereocenters. The molecule has 0 amide bonds. The smallest absolute Gasteiger partial charge is 0.0328 e. The molecule has 0 aromatic heterocycles. The molecule has 0 spiro atoms. The molecule has 0 heterocycles. The van der Waals surface area contributed by atoms with Gasteiger partial charge in [0.05, 0.1) is 0 Å². The summed E-state index contributed by atoms with van der Waals surface area (Å²) in [6, 6.07) is 8.58. The second-order valence-corrected chi connectivity index (χ2v) is 7.47. The van der Waals surface area contributed by atoms with Crippen molar-refractivity contribution in [2.75, 3.05) is 0 Å². The molecule has 19 heavy (non-hydrogen) atoms. The maximum absolute atomic E-state index is 4.04. The Kier molecular flexibility index (Phi) is 2.09. The molecule has 3 saturated carbocycles. The van der Waals surface area contributed by atoms with Crippen LogP contribution in [0.1, 0.15) is 48.4 Å². The highest BCUT2D eigenvalue weighted by atomic mass is 15.0. The summed E-state index contributed by atoms with van der Waals surface area (Å²) in [5.74, 6) is 4.30. The Morgan fingerprint density at radius 1 is 1.05 bits per heavy atom. The first-order chi connectivity index (χ1) is 9.31. The van der Waals surface area contributed by atoms with Crippen molar-refractivity contribution in [1.82, 2.24) is 5.32 Å². The molecule has 1 aromatic rings. The summed E-state index contributed by atoms with van der Waals surface area (Å²) < 4.78 is 0. The summed E-state index contributed by atoms with van der Waals surface area (Å²) in [6.45, 7) is 2.22. The zero-order chi connectivity index (χ0) is 12.6. The first-order valence-electron chi connectivity index (χ1n) is 8.17. The second kappa shape index (κ2) is 3.63. The van der Waals surface area contributed by atoms with Gasteiger partial charge in [-0.2, -0.15) is 0 Å². The lowest BCUT2D eigenvalue weighted by Gasteiger charge is -2.17. The molecule has 2 bridgehead atoms. The highest BCUT2D eigenvalue weighted by Crippen LogP contribution is 2.66. The first-order valence-corrected chi connectivity index (χ1v) is 8.17. The number of fused-ring (bicyclic) bond motifs is 6. The van der Waals surface area contributed by atoms with Gasteiger partial charge >= 0.3 is 0 Å². The Hall–Kier alpha value is -0.820. The topological polar surface area (TPSA) is 12.0 Å². The molecule has 1 heteroatoms. The maximum atomic E-state index is 4.04. The van der Waals surface area contributed by atoms with Crippen LogP contribution in [-0.4, -0.2) is 6.04 Å². The van der Waals surface area contributed by atoms with Crippen LogP contribution in [0.5, 0.6) is 0 Å². The zero-order valence-electron chi connectivity index (χ0n) is 11.7. The molecule has 0 saturated heterocycles. The largest absolute Gasteiger partial charge is 0.307 e. The fourth-order valence-electron chi connectivity index (χ4n) is 5.68. The predicted molar refractivity (Wildman–Crippen MR) is 77.0 cm³/mol. The summed E-state index contributed by atoms with van der Waals surface area (Å²) in [5, 5.41) is 4.04. The van der Waals surface area contributed by atoms with Crippen LogP contribution < -0.4 is 5.32 Å². The Morgan fingerprint density at radius 3 is 2.63 bits per heavy atom. The van der Waals surface area contributed by atoms with Gasteiger partial charge in [0.1, 0.15) is 0 Å². The van der Waals surface area contributed by atoms with Crippen molar-refractivity contribution in [2.24, 2.45) is 23.7 Å². The van der Waals surface area contributed by atoms with Crippen LogP contribution in [-0.2, 0) is 6.42 Å². The van der Waals surface area contributed by atoms with Crippen LogP contribution in [0.2, 0.25) is 0 Å². The average Bonchev–Trinajstić information content (AvgIpc) is 2.80. The Bertz CT molecular complexity index is 518. The lowest BCUT2D eigenvalue weighted by molar-refractivity contribution is 0.420. The fourth-order valence-corrected chi connectivity index (χ4v) is 5.68. The quantitative estimate of drug-likeness (QED) is 0.849. The van der Waals surface area contributed by atoms with Gasteiger partial charge in [0.2, 0.25) is 0 Å². The molecule has 5 atom stereocenters. The summed E-state index contributed by atoms with van der Waals surface area (Å²) in [4.78, 5) is 0. The number of hydrogen-bond donors (Lipinski definition) is 1.